The molecule has 1 rings (SSSR count). The molecule has 3 heteroatoms. The van der Waals surface area contributed by atoms with Gasteiger partial charge >= 0.3 is 5.97 Å². The predicted molar refractivity (Wildman–Crippen MR) is 61.6 cm³/mol. The van der Waals surface area contributed by atoms with Gasteiger partial charge in [0.1, 0.15) is 6.04 Å². The van der Waals surface area contributed by atoms with Crippen LogP contribution in [0.1, 0.15) is 19.4 Å². The summed E-state index contributed by atoms with van der Waals surface area (Å²) in [6.45, 7) is 5.64. The summed E-state index contributed by atoms with van der Waals surface area (Å²) in [6, 6.07) is 9.55. The lowest BCUT2D eigenvalue weighted by molar-refractivity contribution is -0.139. The number of nitrogens with two attached hydrogens (primary N) is 1. The summed E-state index contributed by atoms with van der Waals surface area (Å²) >= 11 is 0. The number of aliphatic carboxylic acids is 1. The molecular weight excluding hydrogens is 190 g/mol. The fraction of sp³-hybridized carbons (Fsp3) is 0.417. The normalized spacial score (nSPS) is 11.5. The van der Waals surface area contributed by atoms with Gasteiger partial charge in [-0.2, -0.15) is 0 Å². The van der Waals surface area contributed by atoms with Gasteiger partial charge in [0.15, 0.2) is 0 Å². The van der Waals surface area contributed by atoms with Gasteiger partial charge in [-0.25, -0.2) is 0 Å². The minimum Gasteiger partial charge on any atom is -0.480 e. The van der Waals surface area contributed by atoms with Crippen LogP contribution >= 0.6 is 0 Å². The fourth-order valence-corrected chi connectivity index (χ4v) is 0.820. The Morgan fingerprint density at radius 2 is 1.73 bits per heavy atom. The van der Waals surface area contributed by atoms with Crippen LogP contribution in [0.5, 0.6) is 0 Å². The first-order valence-corrected chi connectivity index (χ1v) is 4.95. The van der Waals surface area contributed by atoms with Crippen molar-refractivity contribution >= 4 is 5.97 Å². The van der Waals surface area contributed by atoms with Crippen LogP contribution in [0.15, 0.2) is 30.3 Å². The van der Waals surface area contributed by atoms with Gasteiger partial charge in [-0.1, -0.05) is 49.7 Å². The predicted octanol–water partition coefficient (Wildman–Crippen LogP) is 2.05. The zero-order valence-corrected chi connectivity index (χ0v) is 9.47. The summed E-state index contributed by atoms with van der Waals surface area (Å²) in [5.41, 5.74) is 6.48. The van der Waals surface area contributed by atoms with E-state index >= 15 is 0 Å². The third-order valence-electron chi connectivity index (χ3n) is 1.94. The Morgan fingerprint density at radius 3 is 1.87 bits per heavy atom. The number of aryl methyl sites for hydroxylation is 1. The average Bonchev–Trinajstić information content (AvgIpc) is 2.18. The van der Waals surface area contributed by atoms with Crippen molar-refractivity contribution in [3.63, 3.8) is 0 Å². The van der Waals surface area contributed by atoms with Crippen molar-refractivity contribution in [2.75, 3.05) is 0 Å². The molecule has 0 aliphatic rings. The highest BCUT2D eigenvalue weighted by atomic mass is 16.4. The van der Waals surface area contributed by atoms with E-state index in [2.05, 4.69) is 19.1 Å². The molecule has 0 fully saturated rings. The van der Waals surface area contributed by atoms with Gasteiger partial charge in [0.2, 0.25) is 0 Å². The number of hydrogen-bond donors (Lipinski definition) is 2. The lowest BCUT2D eigenvalue weighted by Crippen LogP contribution is -2.34. The van der Waals surface area contributed by atoms with Crippen molar-refractivity contribution in [3.05, 3.63) is 35.9 Å². The minimum atomic E-state index is -0.931. The largest absolute Gasteiger partial charge is 0.480 e. The van der Waals surface area contributed by atoms with E-state index in [1.54, 1.807) is 13.8 Å². The molecule has 3 nitrogen and oxygen atoms in total. The molecule has 0 radical (unpaired) electrons. The van der Waals surface area contributed by atoms with Gasteiger partial charge in [0, 0.05) is 0 Å². The van der Waals surface area contributed by atoms with E-state index in [0.717, 1.165) is 0 Å². The summed E-state index contributed by atoms with van der Waals surface area (Å²) in [4.78, 5) is 10.0. The zero-order valence-electron chi connectivity index (χ0n) is 9.47. The molecule has 0 amide bonds. The molecule has 3 N–H and O–H groups in total. The Bertz CT molecular complexity index is 283. The number of carboxylic acid groups (broad SMARTS) is 1. The molecule has 1 aromatic rings. The molecule has 1 atom stereocenters. The van der Waals surface area contributed by atoms with Crippen LogP contribution in [-0.4, -0.2) is 17.1 Å². The summed E-state index contributed by atoms with van der Waals surface area (Å²) in [5.74, 6) is -0.910. The maximum atomic E-state index is 10.0. The molecule has 0 saturated carbocycles. The quantitative estimate of drug-likeness (QED) is 0.783. The van der Waals surface area contributed by atoms with E-state index in [1.807, 2.05) is 18.2 Å². The molecular formula is C12H19NO2. The second-order valence-corrected chi connectivity index (χ2v) is 3.76. The van der Waals surface area contributed by atoms with Gasteiger partial charge in [0.05, 0.1) is 0 Å². The van der Waals surface area contributed by atoms with Crippen molar-refractivity contribution in [2.24, 2.45) is 11.7 Å². The molecule has 1 aromatic carbocycles. The minimum absolute atomic E-state index is 0.0208. The first-order chi connectivity index (χ1) is 6.95. The van der Waals surface area contributed by atoms with Crippen molar-refractivity contribution in [2.45, 2.75) is 26.8 Å². The Labute approximate surface area is 90.9 Å². The number of rotatable bonds is 2. The van der Waals surface area contributed by atoms with Crippen molar-refractivity contribution in [1.29, 1.82) is 0 Å². The Kier molecular flexibility index (Phi) is 6.38. The highest BCUT2D eigenvalue weighted by Gasteiger charge is 2.14. The van der Waals surface area contributed by atoms with E-state index in [9.17, 15) is 4.79 Å². The second-order valence-electron chi connectivity index (χ2n) is 3.76. The Morgan fingerprint density at radius 1 is 1.27 bits per heavy atom. The number of benzene rings is 1. The molecule has 0 spiro atoms. The topological polar surface area (TPSA) is 63.3 Å². The first-order valence-electron chi connectivity index (χ1n) is 4.95. The van der Waals surface area contributed by atoms with Crippen LogP contribution in [0, 0.1) is 12.8 Å². The third-order valence-corrected chi connectivity index (χ3v) is 1.94. The van der Waals surface area contributed by atoms with E-state index in [1.165, 1.54) is 5.56 Å². The fourth-order valence-electron chi connectivity index (χ4n) is 0.820. The van der Waals surface area contributed by atoms with Crippen molar-refractivity contribution < 1.29 is 9.90 Å². The average molecular weight is 209 g/mol. The standard InChI is InChI=1S/C7H8.C5H11NO2/c1-7-5-3-2-4-6-7;1-3(2)4(6)5(7)8/h2-6H,1H3;3-4H,6H2,1-2H3,(H,7,8)/t;4-/m.0/s1. The van der Waals surface area contributed by atoms with Crippen molar-refractivity contribution in [3.8, 4) is 0 Å². The molecule has 15 heavy (non-hydrogen) atoms. The Hall–Kier alpha value is -1.35. The zero-order chi connectivity index (χ0) is 11.8. The molecule has 0 aliphatic heterocycles. The van der Waals surface area contributed by atoms with Gasteiger partial charge in [0.25, 0.3) is 0 Å². The van der Waals surface area contributed by atoms with Crippen LogP contribution in [0.2, 0.25) is 0 Å². The molecule has 0 heterocycles. The van der Waals surface area contributed by atoms with Gasteiger partial charge in [-0.3, -0.25) is 4.79 Å². The van der Waals surface area contributed by atoms with Crippen LogP contribution in [-0.2, 0) is 4.79 Å². The van der Waals surface area contributed by atoms with E-state index in [-0.39, 0.29) is 5.92 Å². The van der Waals surface area contributed by atoms with Gasteiger partial charge < -0.3 is 10.8 Å². The highest BCUT2D eigenvalue weighted by molar-refractivity contribution is 5.73. The monoisotopic (exact) mass is 209 g/mol. The van der Waals surface area contributed by atoms with Crippen LogP contribution < -0.4 is 5.73 Å². The van der Waals surface area contributed by atoms with Gasteiger partial charge in [-0.05, 0) is 12.8 Å². The lowest BCUT2D eigenvalue weighted by atomic mass is 10.1. The number of carboxylic acids is 1. The van der Waals surface area contributed by atoms with Crippen molar-refractivity contribution in [1.82, 2.24) is 0 Å². The van der Waals surface area contributed by atoms with Crippen LogP contribution in [0.25, 0.3) is 0 Å². The highest BCUT2D eigenvalue weighted by Crippen LogP contribution is 1.96. The molecule has 0 aliphatic carbocycles. The summed E-state index contributed by atoms with van der Waals surface area (Å²) in [7, 11) is 0. The molecule has 0 bridgehead atoms. The number of hydrogen-bond acceptors (Lipinski definition) is 2. The lowest BCUT2D eigenvalue weighted by Gasteiger charge is -2.07. The Balaban J connectivity index is 0.000000262. The summed E-state index contributed by atoms with van der Waals surface area (Å²) in [5, 5.41) is 8.23. The molecule has 0 unspecified atom stereocenters. The van der Waals surface area contributed by atoms with E-state index < -0.39 is 12.0 Å². The van der Waals surface area contributed by atoms with E-state index in [4.69, 9.17) is 10.8 Å². The summed E-state index contributed by atoms with van der Waals surface area (Å²) < 4.78 is 0. The molecule has 84 valence electrons. The maximum Gasteiger partial charge on any atom is 0.320 e. The van der Waals surface area contributed by atoms with Gasteiger partial charge in [-0.15, -0.1) is 0 Å². The molecule has 0 saturated heterocycles. The smallest absolute Gasteiger partial charge is 0.320 e. The SMILES string of the molecule is CC(C)[C@H](N)C(=O)O.Cc1ccccc1. The second kappa shape index (κ2) is 7.01. The summed E-state index contributed by atoms with van der Waals surface area (Å²) in [6.07, 6.45) is 0. The third kappa shape index (κ3) is 6.69. The van der Waals surface area contributed by atoms with Crippen LogP contribution in [0.3, 0.4) is 0 Å². The first kappa shape index (κ1) is 13.7. The maximum absolute atomic E-state index is 10.0. The van der Waals surface area contributed by atoms with E-state index in [0.29, 0.717) is 0 Å². The van der Waals surface area contributed by atoms with Crippen LogP contribution in [0.4, 0.5) is 0 Å². The molecule has 0 aromatic heterocycles. The number of carbonyl (C=O) groups is 1.